The molecule has 1 aliphatic heterocycles. The van der Waals surface area contributed by atoms with Crippen LogP contribution in [-0.4, -0.2) is 12.5 Å². The minimum absolute atomic E-state index is 0.0292. The zero-order valence-electron chi connectivity index (χ0n) is 6.94. The summed E-state index contributed by atoms with van der Waals surface area (Å²) in [5.41, 5.74) is 0.198. The highest BCUT2D eigenvalue weighted by molar-refractivity contribution is 6.30. The van der Waals surface area contributed by atoms with E-state index in [4.69, 9.17) is 11.6 Å². The number of carbonyl (C=O) groups excluding carboxylic acids is 1. The molecule has 0 fully saturated rings. The Morgan fingerprint density at radius 3 is 2.86 bits per heavy atom. The summed E-state index contributed by atoms with van der Waals surface area (Å²) in [6, 6.07) is 4.14. The number of benzene rings is 1. The van der Waals surface area contributed by atoms with Crippen LogP contribution in [0.5, 0.6) is 0 Å². The van der Waals surface area contributed by atoms with E-state index in [9.17, 15) is 9.18 Å². The van der Waals surface area contributed by atoms with E-state index in [1.807, 2.05) is 0 Å². The van der Waals surface area contributed by atoms with Crippen LogP contribution in [0.2, 0.25) is 5.02 Å². The highest BCUT2D eigenvalue weighted by Crippen LogP contribution is 2.24. The first-order valence-electron chi connectivity index (χ1n) is 3.84. The second kappa shape index (κ2) is 3.34. The van der Waals surface area contributed by atoms with Gasteiger partial charge in [-0.15, -0.1) is 0 Å². The van der Waals surface area contributed by atoms with Crippen molar-refractivity contribution >= 4 is 23.2 Å². The Kier molecular flexibility index (Phi) is 2.17. The summed E-state index contributed by atoms with van der Waals surface area (Å²) >= 11 is 5.57. The molecule has 72 valence electrons. The maximum Gasteiger partial charge on any atom is 0.287 e. The molecule has 0 bridgehead atoms. The van der Waals surface area contributed by atoms with Gasteiger partial charge < -0.3 is 0 Å². The third kappa shape index (κ3) is 1.58. The lowest BCUT2D eigenvalue weighted by molar-refractivity contribution is -0.116. The van der Waals surface area contributed by atoms with E-state index in [2.05, 4.69) is 10.3 Å². The van der Waals surface area contributed by atoms with E-state index < -0.39 is 5.82 Å². The number of hydrogen-bond donors (Lipinski definition) is 0. The topological polar surface area (TPSA) is 45.0 Å². The van der Waals surface area contributed by atoms with Crippen molar-refractivity contribution < 1.29 is 9.18 Å². The van der Waals surface area contributed by atoms with Gasteiger partial charge in [0.15, 0.2) is 0 Å². The van der Waals surface area contributed by atoms with Crippen LogP contribution in [0.4, 0.5) is 10.1 Å². The molecule has 1 aromatic carbocycles. The maximum atomic E-state index is 13.3. The molecule has 0 unspecified atom stereocenters. The molecular formula is C8H5ClFN3O. The molecule has 1 heterocycles. The molecule has 0 radical (unpaired) electrons. The first-order valence-corrected chi connectivity index (χ1v) is 4.22. The highest BCUT2D eigenvalue weighted by atomic mass is 35.5. The van der Waals surface area contributed by atoms with E-state index in [0.717, 1.165) is 6.07 Å². The van der Waals surface area contributed by atoms with Gasteiger partial charge in [0.2, 0.25) is 0 Å². The van der Waals surface area contributed by atoms with Gasteiger partial charge in [-0.1, -0.05) is 21.9 Å². The van der Waals surface area contributed by atoms with E-state index in [0.29, 0.717) is 5.02 Å². The van der Waals surface area contributed by atoms with Gasteiger partial charge >= 0.3 is 0 Å². The van der Waals surface area contributed by atoms with Crippen molar-refractivity contribution in [1.82, 2.24) is 0 Å². The number of nitrogens with zero attached hydrogens (tertiary/aromatic N) is 3. The summed E-state index contributed by atoms with van der Waals surface area (Å²) in [7, 11) is 0. The van der Waals surface area contributed by atoms with Gasteiger partial charge in [0.05, 0.1) is 5.69 Å². The SMILES string of the molecule is O=C1CN(c2ccc(Cl)cc2F)N=N1. The summed E-state index contributed by atoms with van der Waals surface area (Å²) in [6.07, 6.45) is 0. The zero-order chi connectivity index (χ0) is 10.1. The number of carbonyl (C=O) groups is 1. The predicted molar refractivity (Wildman–Crippen MR) is 48.6 cm³/mol. The van der Waals surface area contributed by atoms with Crippen molar-refractivity contribution in [1.29, 1.82) is 0 Å². The zero-order valence-corrected chi connectivity index (χ0v) is 7.70. The van der Waals surface area contributed by atoms with Crippen LogP contribution >= 0.6 is 11.6 Å². The fourth-order valence-electron chi connectivity index (χ4n) is 1.12. The third-order valence-corrected chi connectivity index (χ3v) is 1.97. The van der Waals surface area contributed by atoms with E-state index >= 15 is 0 Å². The van der Waals surface area contributed by atoms with Crippen molar-refractivity contribution in [2.45, 2.75) is 0 Å². The molecule has 0 N–H and O–H groups in total. The lowest BCUT2D eigenvalue weighted by atomic mass is 10.3. The fourth-order valence-corrected chi connectivity index (χ4v) is 1.28. The van der Waals surface area contributed by atoms with Gasteiger partial charge in [-0.05, 0) is 18.2 Å². The molecule has 1 aromatic rings. The number of rotatable bonds is 1. The molecule has 0 atom stereocenters. The monoisotopic (exact) mass is 213 g/mol. The molecule has 0 aliphatic carbocycles. The molecule has 0 aromatic heterocycles. The van der Waals surface area contributed by atoms with Crippen molar-refractivity contribution in [2.24, 2.45) is 10.3 Å². The van der Waals surface area contributed by atoms with Crippen LogP contribution in [0.1, 0.15) is 0 Å². The quantitative estimate of drug-likeness (QED) is 0.718. The van der Waals surface area contributed by atoms with Crippen molar-refractivity contribution in [3.63, 3.8) is 0 Å². The normalized spacial score (nSPS) is 15.3. The summed E-state index contributed by atoms with van der Waals surface area (Å²) in [4.78, 5) is 10.8. The van der Waals surface area contributed by atoms with Crippen LogP contribution in [0.15, 0.2) is 28.5 Å². The Balaban J connectivity index is 2.33. The molecule has 4 nitrogen and oxygen atoms in total. The molecule has 0 saturated carbocycles. The molecule has 1 amide bonds. The minimum atomic E-state index is -0.522. The summed E-state index contributed by atoms with van der Waals surface area (Å²) < 4.78 is 13.3. The third-order valence-electron chi connectivity index (χ3n) is 1.74. The van der Waals surface area contributed by atoms with Crippen LogP contribution in [0, 0.1) is 5.82 Å². The molecule has 2 rings (SSSR count). The Bertz CT molecular complexity index is 421. The van der Waals surface area contributed by atoms with E-state index in [1.165, 1.54) is 17.1 Å². The van der Waals surface area contributed by atoms with Crippen LogP contribution in [0.3, 0.4) is 0 Å². The fraction of sp³-hybridized carbons (Fsp3) is 0.125. The van der Waals surface area contributed by atoms with Crippen LogP contribution in [-0.2, 0) is 4.79 Å². The van der Waals surface area contributed by atoms with Crippen LogP contribution < -0.4 is 5.01 Å². The highest BCUT2D eigenvalue weighted by Gasteiger charge is 2.19. The Morgan fingerprint density at radius 1 is 1.50 bits per heavy atom. The summed E-state index contributed by atoms with van der Waals surface area (Å²) in [6.45, 7) is -0.0292. The first kappa shape index (κ1) is 9.08. The van der Waals surface area contributed by atoms with Gasteiger partial charge in [0, 0.05) is 5.02 Å². The van der Waals surface area contributed by atoms with Gasteiger partial charge in [-0.25, -0.2) is 9.40 Å². The lowest BCUT2D eigenvalue weighted by Crippen LogP contribution is -2.17. The van der Waals surface area contributed by atoms with Crippen LogP contribution in [0.25, 0.3) is 0 Å². The molecule has 6 heteroatoms. The van der Waals surface area contributed by atoms with Crippen molar-refractivity contribution in [3.05, 3.63) is 29.0 Å². The predicted octanol–water partition coefficient (Wildman–Crippen LogP) is 2.19. The average Bonchev–Trinajstić information content (AvgIpc) is 2.51. The maximum absolute atomic E-state index is 13.3. The van der Waals surface area contributed by atoms with Gasteiger partial charge in [0.1, 0.15) is 12.4 Å². The Labute approximate surface area is 84.0 Å². The molecule has 1 aliphatic rings. The molecular weight excluding hydrogens is 209 g/mol. The van der Waals surface area contributed by atoms with Gasteiger partial charge in [0.25, 0.3) is 5.91 Å². The number of amides is 1. The smallest absolute Gasteiger partial charge is 0.269 e. The second-order valence-corrected chi connectivity index (χ2v) is 3.17. The summed E-state index contributed by atoms with van der Waals surface area (Å²) in [5, 5.41) is 8.26. The van der Waals surface area contributed by atoms with Crippen molar-refractivity contribution in [2.75, 3.05) is 11.6 Å². The Morgan fingerprint density at radius 2 is 2.29 bits per heavy atom. The van der Waals surface area contributed by atoms with Gasteiger partial charge in [-0.2, -0.15) is 0 Å². The van der Waals surface area contributed by atoms with Crippen molar-refractivity contribution in [3.8, 4) is 0 Å². The number of hydrogen-bond acceptors (Lipinski definition) is 3. The van der Waals surface area contributed by atoms with E-state index in [1.54, 1.807) is 0 Å². The molecule has 14 heavy (non-hydrogen) atoms. The molecule has 0 spiro atoms. The largest absolute Gasteiger partial charge is 0.287 e. The second-order valence-electron chi connectivity index (χ2n) is 2.74. The minimum Gasteiger partial charge on any atom is -0.269 e. The average molecular weight is 214 g/mol. The first-order chi connectivity index (χ1) is 6.66. The number of halogens is 2. The van der Waals surface area contributed by atoms with Gasteiger partial charge in [-0.3, -0.25) is 4.79 Å². The Hall–Kier alpha value is -1.49. The standard InChI is InChI=1S/C8H5ClFN3O/c9-5-1-2-7(6(10)3-5)13-4-8(14)11-12-13/h1-3H,4H2. The molecule has 0 saturated heterocycles. The number of anilines is 1. The lowest BCUT2D eigenvalue weighted by Gasteiger charge is -2.11. The van der Waals surface area contributed by atoms with E-state index in [-0.39, 0.29) is 18.1 Å². The summed E-state index contributed by atoms with van der Waals surface area (Å²) in [5.74, 6) is -0.912.